The molecule has 1 atom stereocenters. The van der Waals surface area contributed by atoms with Gasteiger partial charge in [0.05, 0.1) is 0 Å². The Kier molecular flexibility index (Phi) is 7.66. The molecule has 6 heteroatoms. The van der Waals surface area contributed by atoms with E-state index in [4.69, 9.17) is 16.3 Å². The fourth-order valence-electron chi connectivity index (χ4n) is 1.80. The van der Waals surface area contributed by atoms with Gasteiger partial charge in [0.2, 0.25) is 0 Å². The highest BCUT2D eigenvalue weighted by molar-refractivity contribution is 9.10. The van der Waals surface area contributed by atoms with Crippen LogP contribution in [0.15, 0.2) is 22.7 Å². The number of rotatable bonds is 6. The lowest BCUT2D eigenvalue weighted by Gasteiger charge is -2.22. The van der Waals surface area contributed by atoms with Crippen LogP contribution in [0.25, 0.3) is 0 Å². The molecular weight excluding hydrogens is 368 g/mol. The van der Waals surface area contributed by atoms with Crippen molar-refractivity contribution in [2.75, 3.05) is 6.54 Å². The number of halogens is 2. The maximum absolute atomic E-state index is 11.6. The summed E-state index contributed by atoms with van der Waals surface area (Å²) < 4.78 is 6.23. The Morgan fingerprint density at radius 3 is 2.73 bits per heavy atom. The van der Waals surface area contributed by atoms with Crippen LogP contribution in [0.2, 0.25) is 5.02 Å². The summed E-state index contributed by atoms with van der Waals surface area (Å²) >= 11 is 9.57. The highest BCUT2D eigenvalue weighted by atomic mass is 79.9. The van der Waals surface area contributed by atoms with Gasteiger partial charge in [-0.3, -0.25) is 0 Å². The van der Waals surface area contributed by atoms with Crippen molar-refractivity contribution in [2.45, 2.75) is 52.3 Å². The van der Waals surface area contributed by atoms with Gasteiger partial charge in [0, 0.05) is 22.1 Å². The van der Waals surface area contributed by atoms with Gasteiger partial charge in [-0.05, 0) is 64.4 Å². The van der Waals surface area contributed by atoms with E-state index >= 15 is 0 Å². The Bertz CT molecular complexity index is 503. The molecular formula is C16H24BrClN2O2. The molecule has 124 valence electrons. The molecule has 1 unspecified atom stereocenters. The molecule has 0 radical (unpaired) electrons. The van der Waals surface area contributed by atoms with Crippen LogP contribution >= 0.6 is 27.5 Å². The number of benzene rings is 1. The summed E-state index contributed by atoms with van der Waals surface area (Å²) in [5.41, 5.74) is 0.572. The number of carbonyl (C=O) groups is 1. The van der Waals surface area contributed by atoms with E-state index in [1.165, 1.54) is 0 Å². The second-order valence-corrected chi connectivity index (χ2v) is 7.57. The predicted octanol–water partition coefficient (Wildman–Crippen LogP) is 4.50. The SMILES string of the molecule is CC(CCNCc1cc(Br)ccc1Cl)NC(=O)OC(C)(C)C. The molecule has 0 saturated heterocycles. The van der Waals surface area contributed by atoms with E-state index in [9.17, 15) is 4.79 Å². The first-order chi connectivity index (χ1) is 10.2. The third-order valence-corrected chi connectivity index (χ3v) is 3.70. The molecule has 0 bridgehead atoms. The molecule has 0 aliphatic carbocycles. The molecule has 22 heavy (non-hydrogen) atoms. The number of amides is 1. The number of hydrogen-bond acceptors (Lipinski definition) is 3. The van der Waals surface area contributed by atoms with Gasteiger partial charge in [0.15, 0.2) is 0 Å². The van der Waals surface area contributed by atoms with E-state index < -0.39 is 5.60 Å². The van der Waals surface area contributed by atoms with E-state index in [2.05, 4.69) is 26.6 Å². The van der Waals surface area contributed by atoms with Crippen LogP contribution in [0, 0.1) is 0 Å². The second kappa shape index (κ2) is 8.75. The Morgan fingerprint density at radius 1 is 1.41 bits per heavy atom. The molecule has 1 aromatic rings. The largest absolute Gasteiger partial charge is 0.444 e. The third kappa shape index (κ3) is 8.01. The molecule has 0 fully saturated rings. The Labute approximate surface area is 146 Å². The molecule has 0 aliphatic rings. The topological polar surface area (TPSA) is 50.4 Å². The van der Waals surface area contributed by atoms with Crippen molar-refractivity contribution in [1.82, 2.24) is 10.6 Å². The zero-order valence-corrected chi connectivity index (χ0v) is 15.8. The van der Waals surface area contributed by atoms with Crippen molar-refractivity contribution in [3.63, 3.8) is 0 Å². The summed E-state index contributed by atoms with van der Waals surface area (Å²) in [5.74, 6) is 0. The number of ether oxygens (including phenoxy) is 1. The lowest BCUT2D eigenvalue weighted by atomic mass is 10.2. The van der Waals surface area contributed by atoms with Crippen molar-refractivity contribution in [3.05, 3.63) is 33.3 Å². The van der Waals surface area contributed by atoms with E-state index in [1.807, 2.05) is 45.9 Å². The first-order valence-corrected chi connectivity index (χ1v) is 8.48. The van der Waals surface area contributed by atoms with Crippen molar-refractivity contribution in [1.29, 1.82) is 0 Å². The highest BCUT2D eigenvalue weighted by Gasteiger charge is 2.17. The smallest absolute Gasteiger partial charge is 0.407 e. The zero-order chi connectivity index (χ0) is 16.8. The van der Waals surface area contributed by atoms with Crippen LogP contribution in [-0.4, -0.2) is 24.3 Å². The average molecular weight is 392 g/mol. The van der Waals surface area contributed by atoms with Crippen molar-refractivity contribution < 1.29 is 9.53 Å². The Morgan fingerprint density at radius 2 is 2.09 bits per heavy atom. The lowest BCUT2D eigenvalue weighted by molar-refractivity contribution is 0.0506. The molecule has 2 N–H and O–H groups in total. The maximum atomic E-state index is 11.6. The average Bonchev–Trinajstić information content (AvgIpc) is 2.36. The molecule has 0 aliphatic heterocycles. The van der Waals surface area contributed by atoms with E-state index in [1.54, 1.807) is 0 Å². The maximum Gasteiger partial charge on any atom is 0.407 e. The molecule has 1 rings (SSSR count). The van der Waals surface area contributed by atoms with Gasteiger partial charge >= 0.3 is 6.09 Å². The summed E-state index contributed by atoms with van der Waals surface area (Å²) in [6, 6.07) is 5.83. The normalized spacial score (nSPS) is 12.8. The molecule has 0 aromatic heterocycles. The summed E-state index contributed by atoms with van der Waals surface area (Å²) in [6.07, 6.45) is 0.431. The van der Waals surface area contributed by atoms with Gasteiger partial charge in [-0.15, -0.1) is 0 Å². The van der Waals surface area contributed by atoms with Gasteiger partial charge in [-0.2, -0.15) is 0 Å². The molecule has 0 saturated carbocycles. The molecule has 0 spiro atoms. The van der Waals surface area contributed by atoms with Gasteiger partial charge in [-0.25, -0.2) is 4.79 Å². The van der Waals surface area contributed by atoms with Gasteiger partial charge in [-0.1, -0.05) is 27.5 Å². The van der Waals surface area contributed by atoms with Crippen LogP contribution in [0.1, 0.15) is 39.7 Å². The molecule has 1 amide bonds. The van der Waals surface area contributed by atoms with Crippen LogP contribution < -0.4 is 10.6 Å². The lowest BCUT2D eigenvalue weighted by Crippen LogP contribution is -2.38. The minimum atomic E-state index is -0.473. The monoisotopic (exact) mass is 390 g/mol. The van der Waals surface area contributed by atoms with E-state index in [0.29, 0.717) is 6.54 Å². The summed E-state index contributed by atoms with van der Waals surface area (Å²) in [4.78, 5) is 11.6. The fourth-order valence-corrected chi connectivity index (χ4v) is 2.39. The molecule has 4 nitrogen and oxygen atoms in total. The third-order valence-electron chi connectivity index (χ3n) is 2.84. The fraction of sp³-hybridized carbons (Fsp3) is 0.562. The van der Waals surface area contributed by atoms with E-state index in [0.717, 1.165) is 28.0 Å². The summed E-state index contributed by atoms with van der Waals surface area (Å²) in [6.45, 7) is 8.97. The summed E-state index contributed by atoms with van der Waals surface area (Å²) in [5, 5.41) is 6.89. The van der Waals surface area contributed by atoms with Crippen LogP contribution in [-0.2, 0) is 11.3 Å². The first-order valence-electron chi connectivity index (χ1n) is 7.31. The summed E-state index contributed by atoms with van der Waals surface area (Å²) in [7, 11) is 0. The highest BCUT2D eigenvalue weighted by Crippen LogP contribution is 2.20. The molecule has 0 heterocycles. The Hall–Kier alpha value is -0.780. The van der Waals surface area contributed by atoms with Crippen LogP contribution in [0.3, 0.4) is 0 Å². The van der Waals surface area contributed by atoms with Gasteiger partial charge < -0.3 is 15.4 Å². The number of carbonyl (C=O) groups excluding carboxylic acids is 1. The van der Waals surface area contributed by atoms with Crippen molar-refractivity contribution >= 4 is 33.6 Å². The number of nitrogens with one attached hydrogen (secondary N) is 2. The van der Waals surface area contributed by atoms with Crippen LogP contribution in [0.4, 0.5) is 4.79 Å². The minimum Gasteiger partial charge on any atom is -0.444 e. The van der Waals surface area contributed by atoms with Crippen LogP contribution in [0.5, 0.6) is 0 Å². The minimum absolute atomic E-state index is 0.0420. The quantitative estimate of drug-likeness (QED) is 0.702. The Balaban J connectivity index is 2.26. The van der Waals surface area contributed by atoms with E-state index in [-0.39, 0.29) is 12.1 Å². The number of hydrogen-bond donors (Lipinski definition) is 2. The van der Waals surface area contributed by atoms with Gasteiger partial charge in [0.25, 0.3) is 0 Å². The second-order valence-electron chi connectivity index (χ2n) is 6.25. The number of alkyl carbamates (subject to hydrolysis) is 1. The first kappa shape index (κ1) is 19.3. The predicted molar refractivity (Wildman–Crippen MR) is 94.3 cm³/mol. The zero-order valence-electron chi connectivity index (χ0n) is 13.5. The molecule has 1 aromatic carbocycles. The standard InChI is InChI=1S/C16H24BrClN2O2/c1-11(20-15(21)22-16(2,3)4)7-8-19-10-12-9-13(17)5-6-14(12)18/h5-6,9,11,19H,7-8,10H2,1-4H3,(H,20,21). The van der Waals surface area contributed by atoms with Crippen molar-refractivity contribution in [2.24, 2.45) is 0 Å². The van der Waals surface area contributed by atoms with Gasteiger partial charge in [0.1, 0.15) is 5.60 Å². The van der Waals surface area contributed by atoms with Crippen molar-refractivity contribution in [3.8, 4) is 0 Å².